The van der Waals surface area contributed by atoms with Gasteiger partial charge in [-0.1, -0.05) is 11.6 Å². The number of benzene rings is 1. The average Bonchev–Trinajstić information content (AvgIpc) is 2.35. The minimum Gasteiger partial charge on any atom is -0.491 e. The first-order chi connectivity index (χ1) is 8.84. The van der Waals surface area contributed by atoms with Crippen molar-refractivity contribution in [3.05, 3.63) is 28.8 Å². The van der Waals surface area contributed by atoms with Crippen LogP contribution in [0.25, 0.3) is 0 Å². The van der Waals surface area contributed by atoms with Crippen molar-refractivity contribution in [1.29, 1.82) is 0 Å². The molecule has 108 valence electrons. The van der Waals surface area contributed by atoms with E-state index in [0.717, 1.165) is 5.56 Å². The summed E-state index contributed by atoms with van der Waals surface area (Å²) in [6, 6.07) is 5.36. The highest BCUT2D eigenvalue weighted by Crippen LogP contribution is 2.21. The minimum atomic E-state index is -0.638. The first kappa shape index (κ1) is 16.2. The SMILES string of the molecule is Cc1cc(Cl)ccc1OC[C@H](O)CNC(C)(C)CO. The number of hydrogen-bond donors (Lipinski definition) is 3. The molecule has 0 saturated heterocycles. The summed E-state index contributed by atoms with van der Waals surface area (Å²) in [5, 5.41) is 22.6. The van der Waals surface area contributed by atoms with Crippen molar-refractivity contribution in [3.63, 3.8) is 0 Å². The molecule has 0 saturated carbocycles. The molecule has 0 fully saturated rings. The zero-order valence-corrected chi connectivity index (χ0v) is 12.4. The van der Waals surface area contributed by atoms with E-state index >= 15 is 0 Å². The number of halogens is 1. The number of aliphatic hydroxyl groups is 2. The van der Waals surface area contributed by atoms with Gasteiger partial charge in [-0.05, 0) is 44.5 Å². The molecule has 0 aromatic heterocycles. The lowest BCUT2D eigenvalue weighted by molar-refractivity contribution is 0.0904. The van der Waals surface area contributed by atoms with Gasteiger partial charge in [0.1, 0.15) is 18.5 Å². The van der Waals surface area contributed by atoms with Crippen LogP contribution in [0.1, 0.15) is 19.4 Å². The Morgan fingerprint density at radius 3 is 2.68 bits per heavy atom. The van der Waals surface area contributed by atoms with Gasteiger partial charge in [-0.2, -0.15) is 0 Å². The molecule has 0 radical (unpaired) electrons. The van der Waals surface area contributed by atoms with Crippen LogP contribution in [0.2, 0.25) is 5.02 Å². The average molecular weight is 288 g/mol. The third kappa shape index (κ3) is 5.78. The number of nitrogens with one attached hydrogen (secondary N) is 1. The summed E-state index contributed by atoms with van der Waals surface area (Å²) >= 11 is 5.86. The monoisotopic (exact) mass is 287 g/mol. The number of aryl methyl sites for hydroxylation is 1. The number of hydrogen-bond acceptors (Lipinski definition) is 4. The predicted molar refractivity (Wildman–Crippen MR) is 76.9 cm³/mol. The molecule has 1 aromatic rings. The number of ether oxygens (including phenoxy) is 1. The summed E-state index contributed by atoms with van der Waals surface area (Å²) in [7, 11) is 0. The van der Waals surface area contributed by atoms with Gasteiger partial charge in [0.15, 0.2) is 0 Å². The molecule has 3 N–H and O–H groups in total. The lowest BCUT2D eigenvalue weighted by atomic mass is 10.1. The third-order valence-electron chi connectivity index (χ3n) is 2.78. The van der Waals surface area contributed by atoms with Crippen LogP contribution in [0.15, 0.2) is 18.2 Å². The minimum absolute atomic E-state index is 0.0108. The van der Waals surface area contributed by atoms with Crippen molar-refractivity contribution >= 4 is 11.6 Å². The summed E-state index contributed by atoms with van der Waals surface area (Å²) in [6.07, 6.45) is -0.638. The Balaban J connectivity index is 2.40. The molecule has 5 heteroatoms. The van der Waals surface area contributed by atoms with Gasteiger partial charge in [0.05, 0.1) is 6.61 Å². The largest absolute Gasteiger partial charge is 0.491 e. The molecule has 0 spiro atoms. The molecule has 0 aliphatic heterocycles. The van der Waals surface area contributed by atoms with Crippen LogP contribution in [0.3, 0.4) is 0 Å². The Bertz CT molecular complexity index is 410. The zero-order chi connectivity index (χ0) is 14.5. The highest BCUT2D eigenvalue weighted by Gasteiger charge is 2.17. The predicted octanol–water partition coefficient (Wildman–Crippen LogP) is 1.75. The first-order valence-corrected chi connectivity index (χ1v) is 6.65. The van der Waals surface area contributed by atoms with Gasteiger partial charge in [-0.25, -0.2) is 0 Å². The lowest BCUT2D eigenvalue weighted by Gasteiger charge is -2.25. The fourth-order valence-electron chi connectivity index (χ4n) is 1.47. The molecule has 1 aromatic carbocycles. The summed E-state index contributed by atoms with van der Waals surface area (Å²) in [5.41, 5.74) is 0.528. The summed E-state index contributed by atoms with van der Waals surface area (Å²) in [6.45, 7) is 6.20. The smallest absolute Gasteiger partial charge is 0.122 e. The van der Waals surface area contributed by atoms with Crippen molar-refractivity contribution in [3.8, 4) is 5.75 Å². The molecule has 0 aliphatic carbocycles. The highest BCUT2D eigenvalue weighted by molar-refractivity contribution is 6.30. The van der Waals surface area contributed by atoms with Gasteiger partial charge in [0.2, 0.25) is 0 Å². The van der Waals surface area contributed by atoms with Gasteiger partial charge in [0.25, 0.3) is 0 Å². The van der Waals surface area contributed by atoms with Crippen molar-refractivity contribution in [2.24, 2.45) is 0 Å². The van der Waals surface area contributed by atoms with Gasteiger partial charge in [0, 0.05) is 17.1 Å². The molecule has 0 bridgehead atoms. The maximum atomic E-state index is 9.82. The second kappa shape index (κ2) is 7.10. The summed E-state index contributed by atoms with van der Waals surface area (Å²) in [5.74, 6) is 0.713. The van der Waals surface area contributed by atoms with Crippen molar-refractivity contribution in [2.75, 3.05) is 19.8 Å². The van der Waals surface area contributed by atoms with Gasteiger partial charge in [-0.3, -0.25) is 0 Å². The molecule has 4 nitrogen and oxygen atoms in total. The maximum Gasteiger partial charge on any atom is 0.122 e. The van der Waals surface area contributed by atoms with Crippen LogP contribution in [0.4, 0.5) is 0 Å². The van der Waals surface area contributed by atoms with Crippen LogP contribution in [0, 0.1) is 6.92 Å². The third-order valence-corrected chi connectivity index (χ3v) is 3.01. The van der Waals surface area contributed by atoms with E-state index in [2.05, 4.69) is 5.32 Å². The first-order valence-electron chi connectivity index (χ1n) is 6.27. The van der Waals surface area contributed by atoms with Gasteiger partial charge in [-0.15, -0.1) is 0 Å². The Morgan fingerprint density at radius 1 is 1.42 bits per heavy atom. The van der Waals surface area contributed by atoms with Crippen molar-refractivity contribution in [2.45, 2.75) is 32.4 Å². The van der Waals surface area contributed by atoms with Gasteiger partial charge >= 0.3 is 0 Å². The molecular formula is C14H22ClNO3. The standard InChI is InChI=1S/C14H22ClNO3/c1-10-6-11(15)4-5-13(10)19-8-12(18)7-16-14(2,3)9-17/h4-6,12,16-18H,7-9H2,1-3H3/t12-/m1/s1. The van der Waals surface area contributed by atoms with E-state index in [1.165, 1.54) is 0 Å². The van der Waals surface area contributed by atoms with E-state index in [9.17, 15) is 5.11 Å². The number of aliphatic hydroxyl groups excluding tert-OH is 2. The van der Waals surface area contributed by atoms with Crippen LogP contribution in [0.5, 0.6) is 5.75 Å². The maximum absolute atomic E-state index is 9.82. The van der Waals surface area contributed by atoms with Crippen LogP contribution >= 0.6 is 11.6 Å². The Labute approximate surface area is 119 Å². The quantitative estimate of drug-likeness (QED) is 0.715. The molecule has 1 atom stereocenters. The normalized spacial score (nSPS) is 13.4. The van der Waals surface area contributed by atoms with E-state index in [-0.39, 0.29) is 13.2 Å². The number of β-amino-alcohol motifs (C(OH)–C–C–N with tert-alkyl or cyclic N) is 1. The topological polar surface area (TPSA) is 61.7 Å². The van der Waals surface area contributed by atoms with Crippen LogP contribution < -0.4 is 10.1 Å². The molecular weight excluding hydrogens is 266 g/mol. The Kier molecular flexibility index (Phi) is 6.07. The Morgan fingerprint density at radius 2 is 2.11 bits per heavy atom. The van der Waals surface area contributed by atoms with Gasteiger partial charge < -0.3 is 20.3 Å². The van der Waals surface area contributed by atoms with Crippen molar-refractivity contribution < 1.29 is 14.9 Å². The van der Waals surface area contributed by atoms with E-state index in [1.54, 1.807) is 12.1 Å². The Hall–Kier alpha value is -0.810. The van der Waals surface area contributed by atoms with E-state index in [0.29, 0.717) is 17.3 Å². The second-order valence-corrected chi connectivity index (χ2v) is 5.73. The molecule has 0 unspecified atom stereocenters. The summed E-state index contributed by atoms with van der Waals surface area (Å²) in [4.78, 5) is 0. The fraction of sp³-hybridized carbons (Fsp3) is 0.571. The molecule has 0 amide bonds. The van der Waals surface area contributed by atoms with E-state index in [1.807, 2.05) is 26.8 Å². The zero-order valence-electron chi connectivity index (χ0n) is 11.6. The highest BCUT2D eigenvalue weighted by atomic mass is 35.5. The second-order valence-electron chi connectivity index (χ2n) is 5.30. The van der Waals surface area contributed by atoms with Crippen molar-refractivity contribution in [1.82, 2.24) is 5.32 Å². The molecule has 1 rings (SSSR count). The molecule has 19 heavy (non-hydrogen) atoms. The van der Waals surface area contributed by atoms with E-state index in [4.69, 9.17) is 21.4 Å². The number of rotatable bonds is 7. The molecule has 0 heterocycles. The fourth-order valence-corrected chi connectivity index (χ4v) is 1.70. The molecule has 0 aliphatic rings. The van der Waals surface area contributed by atoms with Crippen LogP contribution in [-0.4, -0.2) is 41.6 Å². The van der Waals surface area contributed by atoms with E-state index < -0.39 is 11.6 Å². The summed E-state index contributed by atoms with van der Waals surface area (Å²) < 4.78 is 5.54. The lowest BCUT2D eigenvalue weighted by Crippen LogP contribution is -2.47. The van der Waals surface area contributed by atoms with Crippen LogP contribution in [-0.2, 0) is 0 Å².